The molecule has 0 N–H and O–H groups in total. The van der Waals surface area contributed by atoms with E-state index < -0.39 is 5.92 Å². The zero-order chi connectivity index (χ0) is 15.4. The number of hydrogen-bond acceptors (Lipinski definition) is 2. The van der Waals surface area contributed by atoms with E-state index in [1.807, 2.05) is 53.4 Å². The molecule has 1 fully saturated rings. The van der Waals surface area contributed by atoms with Gasteiger partial charge in [0.2, 0.25) is 5.91 Å². The summed E-state index contributed by atoms with van der Waals surface area (Å²) in [4.78, 5) is 26.7. The van der Waals surface area contributed by atoms with E-state index in [-0.39, 0.29) is 11.7 Å². The number of rotatable bonds is 4. The third-order valence-corrected chi connectivity index (χ3v) is 4.15. The molecule has 0 spiro atoms. The fraction of sp³-hybridized carbons (Fsp3) is 0.263. The van der Waals surface area contributed by atoms with Crippen molar-refractivity contribution in [2.24, 2.45) is 0 Å². The fourth-order valence-corrected chi connectivity index (χ4v) is 2.92. The topological polar surface area (TPSA) is 37.4 Å². The number of hydrogen-bond donors (Lipinski definition) is 0. The second-order valence-electron chi connectivity index (χ2n) is 5.62. The van der Waals surface area contributed by atoms with Gasteiger partial charge in [0, 0.05) is 19.5 Å². The molecule has 3 rings (SSSR count). The largest absolute Gasteiger partial charge is 0.341 e. The molecule has 1 heterocycles. The van der Waals surface area contributed by atoms with Crippen molar-refractivity contribution in [2.75, 3.05) is 13.1 Å². The van der Waals surface area contributed by atoms with Crippen LogP contribution in [0.2, 0.25) is 0 Å². The highest BCUT2D eigenvalue weighted by molar-refractivity contribution is 6.08. The molecule has 0 bridgehead atoms. The lowest BCUT2D eigenvalue weighted by Crippen LogP contribution is -2.45. The first-order chi connectivity index (χ1) is 10.8. The monoisotopic (exact) mass is 293 g/mol. The Hall–Kier alpha value is -2.42. The fourth-order valence-electron chi connectivity index (χ4n) is 2.92. The van der Waals surface area contributed by atoms with E-state index in [0.717, 1.165) is 12.0 Å². The summed E-state index contributed by atoms with van der Waals surface area (Å²) in [5, 5.41) is 0. The lowest BCUT2D eigenvalue weighted by atomic mass is 9.88. The number of nitrogens with zero attached hydrogens (tertiary/aromatic N) is 1. The SMILES string of the molecule is O=C1CCN(CCc2ccccc2)C(=O)[C@H]1c1ccccc1. The Balaban J connectivity index is 1.71. The van der Waals surface area contributed by atoms with Gasteiger partial charge in [-0.25, -0.2) is 0 Å². The van der Waals surface area contributed by atoms with Crippen LogP contribution in [0.1, 0.15) is 23.5 Å². The van der Waals surface area contributed by atoms with E-state index in [4.69, 9.17) is 0 Å². The minimum Gasteiger partial charge on any atom is -0.341 e. The number of carbonyl (C=O) groups excluding carboxylic acids is 2. The van der Waals surface area contributed by atoms with Gasteiger partial charge in [0.15, 0.2) is 5.78 Å². The predicted octanol–water partition coefficient (Wildman–Crippen LogP) is 2.81. The molecule has 0 saturated carbocycles. The van der Waals surface area contributed by atoms with Gasteiger partial charge in [-0.1, -0.05) is 60.7 Å². The van der Waals surface area contributed by atoms with E-state index >= 15 is 0 Å². The number of ketones is 1. The summed E-state index contributed by atoms with van der Waals surface area (Å²) in [5.41, 5.74) is 2.02. The smallest absolute Gasteiger partial charge is 0.237 e. The molecular formula is C19H19NO2. The van der Waals surface area contributed by atoms with Gasteiger partial charge in [0.1, 0.15) is 5.92 Å². The molecule has 1 atom stereocenters. The standard InChI is InChI=1S/C19H19NO2/c21-17-12-14-20(13-11-15-7-3-1-4-8-15)19(22)18(17)16-9-5-2-6-10-16/h1-10,18H,11-14H2/t18-/m0/s1. The number of piperidine rings is 1. The first kappa shape index (κ1) is 14.5. The second-order valence-corrected chi connectivity index (χ2v) is 5.62. The maximum atomic E-state index is 12.7. The quantitative estimate of drug-likeness (QED) is 0.813. The van der Waals surface area contributed by atoms with Gasteiger partial charge in [-0.2, -0.15) is 0 Å². The number of carbonyl (C=O) groups is 2. The first-order valence-corrected chi connectivity index (χ1v) is 7.66. The Kier molecular flexibility index (Phi) is 4.33. The average molecular weight is 293 g/mol. The average Bonchev–Trinajstić information content (AvgIpc) is 2.56. The van der Waals surface area contributed by atoms with Gasteiger partial charge < -0.3 is 4.90 Å². The van der Waals surface area contributed by atoms with Crippen LogP contribution >= 0.6 is 0 Å². The van der Waals surface area contributed by atoms with E-state index in [2.05, 4.69) is 12.1 Å². The molecule has 1 aliphatic rings. The first-order valence-electron chi connectivity index (χ1n) is 7.66. The van der Waals surface area contributed by atoms with Crippen LogP contribution in [-0.2, 0) is 16.0 Å². The molecule has 0 radical (unpaired) electrons. The van der Waals surface area contributed by atoms with Crippen LogP contribution in [0.4, 0.5) is 0 Å². The molecule has 0 unspecified atom stereocenters. The van der Waals surface area contributed by atoms with E-state index in [0.29, 0.717) is 19.5 Å². The number of benzene rings is 2. The molecule has 0 aromatic heterocycles. The van der Waals surface area contributed by atoms with Gasteiger partial charge in [-0.15, -0.1) is 0 Å². The minimum atomic E-state index is -0.620. The van der Waals surface area contributed by atoms with Crippen LogP contribution < -0.4 is 0 Å². The lowest BCUT2D eigenvalue weighted by molar-refractivity contribution is -0.141. The molecule has 3 nitrogen and oxygen atoms in total. The van der Waals surface area contributed by atoms with Crippen LogP contribution in [0.5, 0.6) is 0 Å². The summed E-state index contributed by atoms with van der Waals surface area (Å²) in [5.74, 6) is -0.642. The second kappa shape index (κ2) is 6.56. The number of amides is 1. The van der Waals surface area contributed by atoms with Crippen LogP contribution in [0.3, 0.4) is 0 Å². The normalized spacial score (nSPS) is 18.5. The Morgan fingerprint density at radius 3 is 2.23 bits per heavy atom. The molecule has 1 saturated heterocycles. The summed E-state index contributed by atoms with van der Waals surface area (Å²) in [7, 11) is 0. The highest BCUT2D eigenvalue weighted by Gasteiger charge is 2.35. The van der Waals surface area contributed by atoms with E-state index in [1.54, 1.807) is 0 Å². The van der Waals surface area contributed by atoms with E-state index in [9.17, 15) is 9.59 Å². The van der Waals surface area contributed by atoms with Crippen LogP contribution in [0.15, 0.2) is 60.7 Å². The Morgan fingerprint density at radius 2 is 1.55 bits per heavy atom. The van der Waals surface area contributed by atoms with Crippen molar-refractivity contribution in [3.05, 3.63) is 71.8 Å². The zero-order valence-corrected chi connectivity index (χ0v) is 12.4. The summed E-state index contributed by atoms with van der Waals surface area (Å²) in [6, 6.07) is 19.5. The van der Waals surface area contributed by atoms with Crippen molar-refractivity contribution in [2.45, 2.75) is 18.8 Å². The third-order valence-electron chi connectivity index (χ3n) is 4.15. The molecule has 2 aromatic carbocycles. The van der Waals surface area contributed by atoms with Crippen LogP contribution in [-0.4, -0.2) is 29.7 Å². The number of Topliss-reactive ketones (excluding diaryl/α,β-unsaturated/α-hetero) is 1. The maximum absolute atomic E-state index is 12.7. The molecule has 1 amide bonds. The molecule has 22 heavy (non-hydrogen) atoms. The zero-order valence-electron chi connectivity index (χ0n) is 12.4. The van der Waals surface area contributed by atoms with Crippen molar-refractivity contribution < 1.29 is 9.59 Å². The molecular weight excluding hydrogens is 274 g/mol. The van der Waals surface area contributed by atoms with Crippen LogP contribution in [0.25, 0.3) is 0 Å². The molecule has 1 aliphatic heterocycles. The van der Waals surface area contributed by atoms with Gasteiger partial charge in [-0.3, -0.25) is 9.59 Å². The summed E-state index contributed by atoms with van der Waals surface area (Å²) >= 11 is 0. The molecule has 0 aliphatic carbocycles. The molecule has 112 valence electrons. The van der Waals surface area contributed by atoms with E-state index in [1.165, 1.54) is 5.56 Å². The van der Waals surface area contributed by atoms with Gasteiger partial charge in [0.25, 0.3) is 0 Å². The van der Waals surface area contributed by atoms with Crippen molar-refractivity contribution in [1.82, 2.24) is 4.90 Å². The maximum Gasteiger partial charge on any atom is 0.237 e. The van der Waals surface area contributed by atoms with Gasteiger partial charge in [0.05, 0.1) is 0 Å². The van der Waals surface area contributed by atoms with Crippen LogP contribution in [0, 0.1) is 0 Å². The van der Waals surface area contributed by atoms with Crippen molar-refractivity contribution in [3.63, 3.8) is 0 Å². The molecule has 3 heteroatoms. The van der Waals surface area contributed by atoms with Crippen molar-refractivity contribution >= 4 is 11.7 Å². The summed E-state index contributed by atoms with van der Waals surface area (Å²) < 4.78 is 0. The highest BCUT2D eigenvalue weighted by Crippen LogP contribution is 2.25. The van der Waals surface area contributed by atoms with Gasteiger partial charge >= 0.3 is 0 Å². The lowest BCUT2D eigenvalue weighted by Gasteiger charge is -2.31. The highest BCUT2D eigenvalue weighted by atomic mass is 16.2. The summed E-state index contributed by atoms with van der Waals surface area (Å²) in [6.45, 7) is 1.20. The van der Waals surface area contributed by atoms with Gasteiger partial charge in [-0.05, 0) is 17.5 Å². The minimum absolute atomic E-state index is 0.0344. The van der Waals surface area contributed by atoms with Crippen molar-refractivity contribution in [3.8, 4) is 0 Å². The van der Waals surface area contributed by atoms with Crippen molar-refractivity contribution in [1.29, 1.82) is 0 Å². The Bertz CT molecular complexity index is 652. The predicted molar refractivity (Wildman–Crippen MR) is 85.5 cm³/mol. The Morgan fingerprint density at radius 1 is 0.909 bits per heavy atom. The molecule has 2 aromatic rings. The third kappa shape index (κ3) is 3.08. The summed E-state index contributed by atoms with van der Waals surface area (Å²) in [6.07, 6.45) is 1.27. The number of likely N-dealkylation sites (tertiary alicyclic amines) is 1. The Labute approximate surface area is 130 Å².